The minimum atomic E-state index is -0.474. The Kier molecular flexibility index (Phi) is 5.14. The number of rotatable bonds is 6. The van der Waals surface area contributed by atoms with Crippen molar-refractivity contribution >= 4 is 11.0 Å². The van der Waals surface area contributed by atoms with Crippen molar-refractivity contribution in [3.63, 3.8) is 0 Å². The average Bonchev–Trinajstić information content (AvgIpc) is 3.15. The molecule has 0 saturated carbocycles. The van der Waals surface area contributed by atoms with E-state index in [2.05, 4.69) is 10.1 Å². The Morgan fingerprint density at radius 3 is 2.68 bits per heavy atom. The van der Waals surface area contributed by atoms with Gasteiger partial charge in [0.1, 0.15) is 11.5 Å². The Morgan fingerprint density at radius 2 is 1.82 bits per heavy atom. The number of pyridine rings is 1. The molecule has 0 spiro atoms. The first-order valence-electron chi connectivity index (χ1n) is 9.12. The van der Waals surface area contributed by atoms with Crippen molar-refractivity contribution in [1.82, 2.24) is 10.1 Å². The van der Waals surface area contributed by atoms with Gasteiger partial charge in [-0.25, -0.2) is 4.39 Å². The number of aromatic nitrogens is 2. The summed E-state index contributed by atoms with van der Waals surface area (Å²) in [4.78, 5) is 4.32. The molecular weight excluding hydrogens is 357 g/mol. The maximum Gasteiger partial charge on any atom is 0.167 e. The first-order chi connectivity index (χ1) is 13.7. The van der Waals surface area contributed by atoms with Crippen molar-refractivity contribution in [2.24, 2.45) is 5.73 Å². The predicted octanol–water partition coefficient (Wildman–Crippen LogP) is 3.81. The Hall–Kier alpha value is -3.09. The monoisotopic (exact) mass is 377 g/mol. The maximum absolute atomic E-state index is 14.3. The third kappa shape index (κ3) is 3.52. The number of halogens is 1. The van der Waals surface area contributed by atoms with Gasteiger partial charge in [0, 0.05) is 42.1 Å². The molecule has 142 valence electrons. The van der Waals surface area contributed by atoms with Gasteiger partial charge in [-0.3, -0.25) is 4.98 Å². The summed E-state index contributed by atoms with van der Waals surface area (Å²) in [5.74, 6) is -0.401. The van der Waals surface area contributed by atoms with Crippen LogP contribution in [0.5, 0.6) is 0 Å². The number of fused-ring (bicyclic) bond motifs is 1. The molecule has 3 N–H and O–H groups in total. The fourth-order valence-corrected chi connectivity index (χ4v) is 3.36. The Bertz CT molecular complexity index is 1110. The lowest BCUT2D eigenvalue weighted by atomic mass is 9.94. The van der Waals surface area contributed by atoms with Crippen LogP contribution in [-0.4, -0.2) is 21.9 Å². The third-order valence-corrected chi connectivity index (χ3v) is 4.75. The lowest BCUT2D eigenvalue weighted by molar-refractivity contribution is 0.298. The Balaban J connectivity index is 1.70. The van der Waals surface area contributed by atoms with Crippen molar-refractivity contribution in [3.8, 4) is 11.3 Å². The van der Waals surface area contributed by atoms with Gasteiger partial charge in [-0.1, -0.05) is 41.6 Å². The van der Waals surface area contributed by atoms with Crippen LogP contribution >= 0.6 is 0 Å². The molecular formula is C22H20FN3O2. The molecule has 0 amide bonds. The molecule has 0 fully saturated rings. The van der Waals surface area contributed by atoms with E-state index < -0.39 is 11.9 Å². The SMILES string of the molecule is N[C@@H](Cc1nc(CCO)ccc1F)c1ccccc1-c1noc2ccccc12. The minimum Gasteiger partial charge on any atom is -0.396 e. The van der Waals surface area contributed by atoms with E-state index in [1.165, 1.54) is 6.07 Å². The number of nitrogens with two attached hydrogens (primary N) is 1. The van der Waals surface area contributed by atoms with Crippen molar-refractivity contribution in [1.29, 1.82) is 0 Å². The van der Waals surface area contributed by atoms with E-state index in [9.17, 15) is 4.39 Å². The highest BCUT2D eigenvalue weighted by Gasteiger charge is 2.19. The van der Waals surface area contributed by atoms with E-state index >= 15 is 0 Å². The quantitative estimate of drug-likeness (QED) is 0.534. The standard InChI is InChI=1S/C22H20FN3O2/c23-18-10-9-14(11-12-27)25-20(18)13-19(24)15-5-1-2-6-16(15)22-17-7-3-4-8-21(17)28-26-22/h1-10,19,27H,11-13,24H2/t19-/m0/s1. The number of nitrogens with zero attached hydrogens (tertiary/aromatic N) is 2. The second kappa shape index (κ2) is 7.88. The Labute approximate surface area is 161 Å². The summed E-state index contributed by atoms with van der Waals surface area (Å²) in [6, 6.07) is 17.8. The molecule has 2 aromatic carbocycles. The largest absolute Gasteiger partial charge is 0.396 e. The molecule has 0 saturated heterocycles. The highest BCUT2D eigenvalue weighted by Crippen LogP contribution is 2.33. The van der Waals surface area contributed by atoms with Crippen molar-refractivity contribution in [2.45, 2.75) is 18.9 Å². The maximum atomic E-state index is 14.3. The van der Waals surface area contributed by atoms with E-state index in [4.69, 9.17) is 15.4 Å². The molecule has 1 atom stereocenters. The van der Waals surface area contributed by atoms with E-state index in [1.54, 1.807) is 6.07 Å². The molecule has 2 heterocycles. The van der Waals surface area contributed by atoms with Crippen LogP contribution in [0.15, 0.2) is 65.2 Å². The number of aliphatic hydroxyl groups is 1. The normalized spacial score (nSPS) is 12.4. The molecule has 0 aliphatic carbocycles. The molecule has 0 aliphatic heterocycles. The van der Waals surface area contributed by atoms with Gasteiger partial charge in [0.25, 0.3) is 0 Å². The summed E-state index contributed by atoms with van der Waals surface area (Å²) in [6.45, 7) is -0.0355. The summed E-state index contributed by atoms with van der Waals surface area (Å²) >= 11 is 0. The summed E-state index contributed by atoms with van der Waals surface area (Å²) in [6.07, 6.45) is 0.613. The van der Waals surface area contributed by atoms with Gasteiger partial charge in [-0.15, -0.1) is 0 Å². The highest BCUT2D eigenvalue weighted by atomic mass is 19.1. The van der Waals surface area contributed by atoms with Gasteiger partial charge in [0.15, 0.2) is 5.58 Å². The Morgan fingerprint density at radius 1 is 1.04 bits per heavy atom. The number of hydrogen-bond acceptors (Lipinski definition) is 5. The van der Waals surface area contributed by atoms with Crippen molar-refractivity contribution < 1.29 is 14.0 Å². The van der Waals surface area contributed by atoms with Crippen LogP contribution in [0.3, 0.4) is 0 Å². The minimum absolute atomic E-state index is 0.0355. The van der Waals surface area contributed by atoms with Crippen LogP contribution < -0.4 is 5.73 Å². The van der Waals surface area contributed by atoms with E-state index in [1.807, 2.05) is 48.5 Å². The first-order valence-corrected chi connectivity index (χ1v) is 9.12. The summed E-state index contributed by atoms with van der Waals surface area (Å²) in [7, 11) is 0. The number of para-hydroxylation sites is 1. The first kappa shape index (κ1) is 18.3. The zero-order chi connectivity index (χ0) is 19.5. The smallest absolute Gasteiger partial charge is 0.167 e. The average molecular weight is 377 g/mol. The van der Waals surface area contributed by atoms with Gasteiger partial charge in [-0.2, -0.15) is 0 Å². The zero-order valence-corrected chi connectivity index (χ0v) is 15.2. The molecule has 0 radical (unpaired) electrons. The topological polar surface area (TPSA) is 85.2 Å². The molecule has 0 unspecified atom stereocenters. The second-order valence-corrected chi connectivity index (χ2v) is 6.63. The predicted molar refractivity (Wildman–Crippen MR) is 105 cm³/mol. The van der Waals surface area contributed by atoms with Crippen molar-refractivity contribution in [2.75, 3.05) is 6.61 Å². The molecule has 0 aliphatic rings. The van der Waals surface area contributed by atoms with Gasteiger partial charge in [0.05, 0.1) is 5.69 Å². The highest BCUT2D eigenvalue weighted by molar-refractivity contribution is 5.92. The number of hydrogen-bond donors (Lipinski definition) is 2. The molecule has 28 heavy (non-hydrogen) atoms. The molecule has 4 rings (SSSR count). The molecule has 5 nitrogen and oxygen atoms in total. The summed E-state index contributed by atoms with van der Waals surface area (Å²) in [5.41, 5.74) is 10.5. The van der Waals surface area contributed by atoms with Crippen LogP contribution in [0.2, 0.25) is 0 Å². The summed E-state index contributed by atoms with van der Waals surface area (Å²) in [5, 5.41) is 14.2. The van der Waals surface area contributed by atoms with E-state index in [0.29, 0.717) is 29.1 Å². The fourth-order valence-electron chi connectivity index (χ4n) is 3.36. The number of aliphatic hydroxyl groups excluding tert-OH is 1. The third-order valence-electron chi connectivity index (χ3n) is 4.75. The van der Waals surface area contributed by atoms with E-state index in [0.717, 1.165) is 16.5 Å². The fraction of sp³-hybridized carbons (Fsp3) is 0.182. The second-order valence-electron chi connectivity index (χ2n) is 6.63. The molecule has 0 bridgehead atoms. The van der Waals surface area contributed by atoms with E-state index in [-0.39, 0.29) is 13.0 Å². The molecule has 2 aromatic heterocycles. The van der Waals surface area contributed by atoms with Crippen LogP contribution in [0, 0.1) is 5.82 Å². The molecule has 6 heteroatoms. The van der Waals surface area contributed by atoms with Gasteiger partial charge < -0.3 is 15.4 Å². The van der Waals surface area contributed by atoms with Crippen LogP contribution in [0.1, 0.15) is 23.0 Å². The lowest BCUT2D eigenvalue weighted by Gasteiger charge is -2.16. The van der Waals surface area contributed by atoms with Crippen LogP contribution in [-0.2, 0) is 12.8 Å². The van der Waals surface area contributed by atoms with Crippen molar-refractivity contribution in [3.05, 3.63) is 83.4 Å². The van der Waals surface area contributed by atoms with Crippen LogP contribution in [0.4, 0.5) is 4.39 Å². The zero-order valence-electron chi connectivity index (χ0n) is 15.2. The van der Waals surface area contributed by atoms with Gasteiger partial charge in [-0.05, 0) is 29.8 Å². The number of benzene rings is 2. The molecule has 4 aromatic rings. The lowest BCUT2D eigenvalue weighted by Crippen LogP contribution is -2.17. The summed E-state index contributed by atoms with van der Waals surface area (Å²) < 4.78 is 19.7. The van der Waals surface area contributed by atoms with Gasteiger partial charge in [0.2, 0.25) is 0 Å². The van der Waals surface area contributed by atoms with Gasteiger partial charge >= 0.3 is 0 Å². The van der Waals surface area contributed by atoms with Crippen LogP contribution in [0.25, 0.3) is 22.2 Å².